The van der Waals surface area contributed by atoms with E-state index < -0.39 is 12.2 Å². The maximum Gasteiger partial charge on any atom is 0.122 e. The van der Waals surface area contributed by atoms with Crippen LogP contribution in [-0.2, 0) is 13.5 Å². The van der Waals surface area contributed by atoms with E-state index >= 15 is 0 Å². The molecule has 0 saturated heterocycles. The lowest BCUT2D eigenvalue weighted by molar-refractivity contribution is 0.0467. The molecule has 2 unspecified atom stereocenters. The predicted octanol–water partition coefficient (Wildman–Crippen LogP) is 3.41. The van der Waals surface area contributed by atoms with Gasteiger partial charge in [0.15, 0.2) is 0 Å². The van der Waals surface area contributed by atoms with Crippen LogP contribution in [0.3, 0.4) is 0 Å². The van der Waals surface area contributed by atoms with Crippen molar-refractivity contribution in [3.8, 4) is 5.75 Å². The number of aliphatic hydroxyl groups excluding tert-OH is 1. The molecule has 0 amide bonds. The fraction of sp³-hybridized carbons (Fsp3) is 0.400. The van der Waals surface area contributed by atoms with E-state index in [-0.39, 0.29) is 0 Å². The largest absolute Gasteiger partial charge is 0.488 e. The monoisotopic (exact) mass is 328 g/mol. The fourth-order valence-corrected chi connectivity index (χ4v) is 2.52. The molecule has 0 fully saturated rings. The molecule has 0 radical (unpaired) electrons. The van der Waals surface area contributed by atoms with Gasteiger partial charge in [-0.15, -0.1) is 0 Å². The molecule has 2 aromatic rings. The smallest absolute Gasteiger partial charge is 0.122 e. The second-order valence-electron chi connectivity index (χ2n) is 5.02. The second-order valence-corrected chi connectivity index (χ2v) is 5.84. The van der Waals surface area contributed by atoms with E-state index in [4.69, 9.17) is 27.9 Å². The van der Waals surface area contributed by atoms with Crippen LogP contribution < -0.4 is 4.74 Å². The number of aromatic nitrogens is 2. The van der Waals surface area contributed by atoms with Gasteiger partial charge < -0.3 is 9.84 Å². The normalized spacial score (nSPS) is 14.0. The SMILES string of the molecule is Cc1nn(C)c(CC(O)C(C)Oc2cccc(Cl)c2)c1Cl. The van der Waals surface area contributed by atoms with Crippen LogP contribution in [0, 0.1) is 6.92 Å². The number of hydrogen-bond donors (Lipinski definition) is 1. The molecule has 0 aliphatic carbocycles. The van der Waals surface area contributed by atoms with Crippen molar-refractivity contribution >= 4 is 23.2 Å². The minimum atomic E-state index is -0.698. The Labute approximate surface area is 134 Å². The van der Waals surface area contributed by atoms with E-state index in [1.807, 2.05) is 20.9 Å². The Bertz CT molecular complexity index is 628. The van der Waals surface area contributed by atoms with Crippen molar-refractivity contribution in [2.24, 2.45) is 7.05 Å². The van der Waals surface area contributed by atoms with Crippen LogP contribution in [-0.4, -0.2) is 27.1 Å². The summed E-state index contributed by atoms with van der Waals surface area (Å²) in [6.45, 7) is 3.65. The van der Waals surface area contributed by atoms with Crippen molar-refractivity contribution in [2.75, 3.05) is 0 Å². The van der Waals surface area contributed by atoms with Crippen molar-refractivity contribution < 1.29 is 9.84 Å². The molecule has 2 atom stereocenters. The van der Waals surface area contributed by atoms with Crippen LogP contribution in [0.2, 0.25) is 10.0 Å². The molecular weight excluding hydrogens is 311 g/mol. The number of benzene rings is 1. The third-order valence-corrected chi connectivity index (χ3v) is 4.05. The summed E-state index contributed by atoms with van der Waals surface area (Å²) in [5.74, 6) is 0.626. The van der Waals surface area contributed by atoms with Gasteiger partial charge in [-0.1, -0.05) is 29.3 Å². The minimum absolute atomic E-state index is 0.373. The summed E-state index contributed by atoms with van der Waals surface area (Å²) in [6, 6.07) is 7.09. The van der Waals surface area contributed by atoms with Crippen LogP contribution >= 0.6 is 23.2 Å². The van der Waals surface area contributed by atoms with Gasteiger partial charge in [0.05, 0.1) is 22.5 Å². The van der Waals surface area contributed by atoms with E-state index in [0.717, 1.165) is 11.4 Å². The quantitative estimate of drug-likeness (QED) is 0.914. The molecule has 0 spiro atoms. The lowest BCUT2D eigenvalue weighted by Gasteiger charge is -2.21. The van der Waals surface area contributed by atoms with Crippen molar-refractivity contribution in [1.82, 2.24) is 9.78 Å². The molecule has 1 heterocycles. The lowest BCUT2D eigenvalue weighted by Crippen LogP contribution is -2.31. The average molecular weight is 329 g/mol. The molecule has 0 aliphatic heterocycles. The van der Waals surface area contributed by atoms with Gasteiger partial charge in [-0.2, -0.15) is 5.10 Å². The Morgan fingerprint density at radius 2 is 2.10 bits per heavy atom. The highest BCUT2D eigenvalue weighted by molar-refractivity contribution is 6.31. The van der Waals surface area contributed by atoms with E-state index in [9.17, 15) is 5.11 Å². The van der Waals surface area contributed by atoms with Gasteiger partial charge in [0, 0.05) is 18.5 Å². The minimum Gasteiger partial charge on any atom is -0.488 e. The molecular formula is C15H18Cl2N2O2. The highest BCUT2D eigenvalue weighted by atomic mass is 35.5. The van der Waals surface area contributed by atoms with Gasteiger partial charge in [-0.25, -0.2) is 0 Å². The molecule has 1 N–H and O–H groups in total. The van der Waals surface area contributed by atoms with Gasteiger partial charge in [0.2, 0.25) is 0 Å². The van der Waals surface area contributed by atoms with Gasteiger partial charge in [-0.05, 0) is 32.0 Å². The molecule has 1 aromatic carbocycles. The van der Waals surface area contributed by atoms with Gasteiger partial charge >= 0.3 is 0 Å². The number of rotatable bonds is 5. The van der Waals surface area contributed by atoms with Gasteiger partial charge in [0.25, 0.3) is 0 Å². The Balaban J connectivity index is 2.04. The molecule has 1 aromatic heterocycles. The third-order valence-electron chi connectivity index (χ3n) is 3.32. The standard InChI is InChI=1S/C15H18Cl2N2O2/c1-9-15(17)13(19(3)18-9)8-14(20)10(2)21-12-6-4-5-11(16)7-12/h4-7,10,14,20H,8H2,1-3H3. The number of ether oxygens (including phenoxy) is 1. The number of hydrogen-bond acceptors (Lipinski definition) is 3. The van der Waals surface area contributed by atoms with Crippen molar-refractivity contribution in [2.45, 2.75) is 32.5 Å². The first-order valence-corrected chi connectivity index (χ1v) is 7.42. The van der Waals surface area contributed by atoms with Gasteiger partial charge in [0.1, 0.15) is 11.9 Å². The number of nitrogens with zero attached hydrogens (tertiary/aromatic N) is 2. The summed E-state index contributed by atoms with van der Waals surface area (Å²) in [7, 11) is 1.81. The van der Waals surface area contributed by atoms with Gasteiger partial charge in [-0.3, -0.25) is 4.68 Å². The Kier molecular flexibility index (Phi) is 5.14. The Morgan fingerprint density at radius 3 is 2.67 bits per heavy atom. The predicted molar refractivity (Wildman–Crippen MR) is 84.2 cm³/mol. The highest BCUT2D eigenvalue weighted by Gasteiger charge is 2.21. The second kappa shape index (κ2) is 6.69. The first kappa shape index (κ1) is 16.1. The van der Waals surface area contributed by atoms with Crippen molar-refractivity contribution in [1.29, 1.82) is 0 Å². The fourth-order valence-electron chi connectivity index (χ4n) is 2.10. The molecule has 2 rings (SSSR count). The highest BCUT2D eigenvalue weighted by Crippen LogP contribution is 2.23. The topological polar surface area (TPSA) is 47.3 Å². The molecule has 0 bridgehead atoms. The summed E-state index contributed by atoms with van der Waals surface area (Å²) in [5, 5.41) is 15.7. The van der Waals surface area contributed by atoms with E-state index in [1.54, 1.807) is 28.9 Å². The average Bonchev–Trinajstić information content (AvgIpc) is 2.65. The number of aryl methyl sites for hydroxylation is 2. The van der Waals surface area contributed by atoms with Crippen LogP contribution in [0.25, 0.3) is 0 Å². The molecule has 4 nitrogen and oxygen atoms in total. The number of halogens is 2. The zero-order chi connectivity index (χ0) is 15.6. The Morgan fingerprint density at radius 1 is 1.38 bits per heavy atom. The van der Waals surface area contributed by atoms with Crippen molar-refractivity contribution in [3.63, 3.8) is 0 Å². The third kappa shape index (κ3) is 3.90. The molecule has 0 saturated carbocycles. The van der Waals surface area contributed by atoms with Crippen LogP contribution in [0.5, 0.6) is 5.75 Å². The molecule has 21 heavy (non-hydrogen) atoms. The molecule has 0 aliphatic rings. The summed E-state index contributed by atoms with van der Waals surface area (Å²) < 4.78 is 7.40. The zero-order valence-corrected chi connectivity index (χ0v) is 13.7. The summed E-state index contributed by atoms with van der Waals surface area (Å²) in [5.41, 5.74) is 1.55. The molecule has 114 valence electrons. The summed E-state index contributed by atoms with van der Waals surface area (Å²) in [4.78, 5) is 0. The lowest BCUT2D eigenvalue weighted by atomic mass is 10.1. The van der Waals surface area contributed by atoms with Crippen LogP contribution in [0.4, 0.5) is 0 Å². The number of aliphatic hydroxyl groups is 1. The maximum atomic E-state index is 10.3. The van der Waals surface area contributed by atoms with Crippen molar-refractivity contribution in [3.05, 3.63) is 45.7 Å². The van der Waals surface area contributed by atoms with Crippen LogP contribution in [0.1, 0.15) is 18.3 Å². The van der Waals surface area contributed by atoms with E-state index in [1.165, 1.54) is 0 Å². The molecule has 6 heteroatoms. The summed E-state index contributed by atoms with van der Waals surface area (Å²) in [6.07, 6.45) is -0.719. The van der Waals surface area contributed by atoms with E-state index in [0.29, 0.717) is 22.2 Å². The summed E-state index contributed by atoms with van der Waals surface area (Å²) >= 11 is 12.1. The zero-order valence-electron chi connectivity index (χ0n) is 12.2. The van der Waals surface area contributed by atoms with E-state index in [2.05, 4.69) is 5.10 Å². The maximum absolute atomic E-state index is 10.3. The Hall–Kier alpha value is -1.23. The first-order chi connectivity index (χ1) is 9.88. The van der Waals surface area contributed by atoms with Crippen LogP contribution in [0.15, 0.2) is 24.3 Å². The first-order valence-electron chi connectivity index (χ1n) is 6.66.